The highest BCUT2D eigenvalue weighted by Gasteiger charge is 2.11. The molecule has 0 saturated heterocycles. The Morgan fingerprint density at radius 3 is 2.79 bits per heavy atom. The van der Waals surface area contributed by atoms with Crippen molar-refractivity contribution in [3.63, 3.8) is 0 Å². The molecule has 0 bridgehead atoms. The zero-order valence-electron chi connectivity index (χ0n) is 7.85. The van der Waals surface area contributed by atoms with Crippen LogP contribution < -0.4 is 4.90 Å². The molecule has 0 unspecified atom stereocenters. The first-order valence-electron chi connectivity index (χ1n) is 3.91. The molecule has 1 rings (SSSR count). The maximum atomic E-state index is 11.0. The molecule has 0 atom stereocenters. The lowest BCUT2D eigenvalue weighted by atomic mass is 10.3. The number of carboxylic acid groups (broad SMARTS) is 1. The standard InChI is InChI=1S/C8H10N2O3S/c1-5(11)10(2)8-9-6(4-14-8)3-7(12)13/h4H,3H2,1-2H3,(H,12,13). The first-order valence-corrected chi connectivity index (χ1v) is 4.79. The van der Waals surface area contributed by atoms with Gasteiger partial charge in [-0.05, 0) is 0 Å². The number of nitrogens with zero attached hydrogens (tertiary/aromatic N) is 2. The van der Waals surface area contributed by atoms with Gasteiger partial charge in [0.1, 0.15) is 0 Å². The van der Waals surface area contributed by atoms with Crippen LogP contribution in [0.4, 0.5) is 5.13 Å². The van der Waals surface area contributed by atoms with Gasteiger partial charge in [-0.15, -0.1) is 11.3 Å². The van der Waals surface area contributed by atoms with Crippen molar-refractivity contribution in [1.29, 1.82) is 0 Å². The Hall–Kier alpha value is -1.43. The van der Waals surface area contributed by atoms with E-state index in [0.717, 1.165) is 0 Å². The van der Waals surface area contributed by atoms with E-state index in [-0.39, 0.29) is 12.3 Å². The van der Waals surface area contributed by atoms with Crippen LogP contribution in [0.1, 0.15) is 12.6 Å². The molecule has 0 aromatic carbocycles. The molecule has 5 nitrogen and oxygen atoms in total. The highest BCUT2D eigenvalue weighted by atomic mass is 32.1. The van der Waals surface area contributed by atoms with E-state index >= 15 is 0 Å². The summed E-state index contributed by atoms with van der Waals surface area (Å²) in [7, 11) is 1.60. The first kappa shape index (κ1) is 10.6. The van der Waals surface area contributed by atoms with E-state index in [1.165, 1.54) is 23.2 Å². The van der Waals surface area contributed by atoms with Crippen molar-refractivity contribution in [2.24, 2.45) is 0 Å². The zero-order valence-corrected chi connectivity index (χ0v) is 8.67. The predicted molar refractivity (Wildman–Crippen MR) is 52.5 cm³/mol. The summed E-state index contributed by atoms with van der Waals surface area (Å²) in [6.07, 6.45) is -0.109. The third-order valence-corrected chi connectivity index (χ3v) is 2.60. The molecule has 0 radical (unpaired) electrons. The third-order valence-electron chi connectivity index (χ3n) is 1.63. The van der Waals surface area contributed by atoms with Crippen molar-refractivity contribution in [3.8, 4) is 0 Å². The zero-order chi connectivity index (χ0) is 10.7. The fraction of sp³-hybridized carbons (Fsp3) is 0.375. The Balaban J connectivity index is 2.77. The number of carboxylic acids is 1. The molecule has 0 saturated carbocycles. The fourth-order valence-corrected chi connectivity index (χ4v) is 1.66. The predicted octanol–water partition coefficient (Wildman–Crippen LogP) is 0.753. The minimum Gasteiger partial charge on any atom is -0.481 e. The second-order valence-electron chi connectivity index (χ2n) is 2.77. The molecule has 0 spiro atoms. The Bertz CT molecular complexity index is 361. The summed E-state index contributed by atoms with van der Waals surface area (Å²) in [5, 5.41) is 10.7. The number of hydrogen-bond acceptors (Lipinski definition) is 4. The van der Waals surface area contributed by atoms with E-state index in [9.17, 15) is 9.59 Å². The van der Waals surface area contributed by atoms with E-state index in [1.807, 2.05) is 0 Å². The van der Waals surface area contributed by atoms with Gasteiger partial charge in [-0.1, -0.05) is 0 Å². The summed E-state index contributed by atoms with van der Waals surface area (Å²) in [5.74, 6) is -1.05. The summed E-state index contributed by atoms with van der Waals surface area (Å²) < 4.78 is 0. The molecule has 1 aromatic heterocycles. The average molecular weight is 214 g/mol. The van der Waals surface area contributed by atoms with E-state index in [0.29, 0.717) is 10.8 Å². The lowest BCUT2D eigenvalue weighted by Crippen LogP contribution is -2.22. The van der Waals surface area contributed by atoms with Gasteiger partial charge in [0.25, 0.3) is 0 Å². The summed E-state index contributed by atoms with van der Waals surface area (Å²) in [5.41, 5.74) is 0.477. The van der Waals surface area contributed by atoms with Crippen molar-refractivity contribution in [3.05, 3.63) is 11.1 Å². The van der Waals surface area contributed by atoms with Gasteiger partial charge in [-0.2, -0.15) is 0 Å². The smallest absolute Gasteiger partial charge is 0.309 e. The molecule has 1 amide bonds. The Morgan fingerprint density at radius 1 is 1.64 bits per heavy atom. The van der Waals surface area contributed by atoms with Gasteiger partial charge >= 0.3 is 5.97 Å². The summed E-state index contributed by atoms with van der Waals surface area (Å²) in [4.78, 5) is 26.7. The van der Waals surface area contributed by atoms with Gasteiger partial charge in [0, 0.05) is 19.4 Å². The normalized spacial score (nSPS) is 9.86. The van der Waals surface area contributed by atoms with Crippen molar-refractivity contribution in [1.82, 2.24) is 4.98 Å². The first-order chi connectivity index (χ1) is 6.50. The molecule has 1 heterocycles. The average Bonchev–Trinajstić information content (AvgIpc) is 2.50. The SMILES string of the molecule is CC(=O)N(C)c1nc(CC(=O)O)cs1. The van der Waals surface area contributed by atoms with Gasteiger partial charge in [-0.25, -0.2) is 4.98 Å². The Morgan fingerprint density at radius 2 is 2.29 bits per heavy atom. The number of hydrogen-bond donors (Lipinski definition) is 1. The number of thiazole rings is 1. The van der Waals surface area contributed by atoms with Crippen LogP contribution >= 0.6 is 11.3 Å². The maximum Gasteiger partial charge on any atom is 0.309 e. The summed E-state index contributed by atoms with van der Waals surface area (Å²) in [6, 6.07) is 0. The molecular weight excluding hydrogens is 204 g/mol. The number of carbonyl (C=O) groups is 2. The van der Waals surface area contributed by atoms with Crippen LogP contribution in [0.3, 0.4) is 0 Å². The highest BCUT2D eigenvalue weighted by molar-refractivity contribution is 7.14. The third kappa shape index (κ3) is 2.53. The van der Waals surface area contributed by atoms with Gasteiger partial charge in [0.15, 0.2) is 5.13 Å². The van der Waals surface area contributed by atoms with Gasteiger partial charge < -0.3 is 5.11 Å². The number of carbonyl (C=O) groups excluding carboxylic acids is 1. The highest BCUT2D eigenvalue weighted by Crippen LogP contribution is 2.19. The lowest BCUT2D eigenvalue weighted by molar-refractivity contribution is -0.136. The van der Waals surface area contributed by atoms with E-state index < -0.39 is 5.97 Å². The molecule has 76 valence electrons. The van der Waals surface area contributed by atoms with Crippen LogP contribution in [0, 0.1) is 0 Å². The number of anilines is 1. The number of aliphatic carboxylic acids is 1. The monoisotopic (exact) mass is 214 g/mol. The molecule has 1 aromatic rings. The minimum atomic E-state index is -0.924. The van der Waals surface area contributed by atoms with Crippen LogP contribution in [-0.2, 0) is 16.0 Å². The Labute approximate surface area is 85.0 Å². The quantitative estimate of drug-likeness (QED) is 0.806. The largest absolute Gasteiger partial charge is 0.481 e. The van der Waals surface area contributed by atoms with Gasteiger partial charge in [-0.3, -0.25) is 14.5 Å². The van der Waals surface area contributed by atoms with Crippen molar-refractivity contribution in [2.75, 3.05) is 11.9 Å². The topological polar surface area (TPSA) is 70.5 Å². The van der Waals surface area contributed by atoms with Gasteiger partial charge in [0.05, 0.1) is 12.1 Å². The molecule has 0 fully saturated rings. The van der Waals surface area contributed by atoms with Crippen LogP contribution in [-0.4, -0.2) is 29.0 Å². The van der Waals surface area contributed by atoms with Crippen molar-refractivity contribution in [2.45, 2.75) is 13.3 Å². The molecule has 0 aliphatic heterocycles. The van der Waals surface area contributed by atoms with Crippen LogP contribution in [0.2, 0.25) is 0 Å². The summed E-state index contributed by atoms with van der Waals surface area (Å²) >= 11 is 1.26. The van der Waals surface area contributed by atoms with Crippen LogP contribution in [0.15, 0.2) is 5.38 Å². The minimum absolute atomic E-state index is 0.109. The summed E-state index contributed by atoms with van der Waals surface area (Å²) in [6.45, 7) is 1.43. The second kappa shape index (κ2) is 4.19. The van der Waals surface area contributed by atoms with Crippen molar-refractivity contribution < 1.29 is 14.7 Å². The van der Waals surface area contributed by atoms with Gasteiger partial charge in [0.2, 0.25) is 5.91 Å². The molecule has 0 aliphatic carbocycles. The van der Waals surface area contributed by atoms with E-state index in [2.05, 4.69) is 4.98 Å². The lowest BCUT2D eigenvalue weighted by Gasteiger charge is -2.09. The van der Waals surface area contributed by atoms with Crippen LogP contribution in [0.25, 0.3) is 0 Å². The van der Waals surface area contributed by atoms with Crippen LogP contribution in [0.5, 0.6) is 0 Å². The molecule has 6 heteroatoms. The number of rotatable bonds is 3. The molecule has 1 N–H and O–H groups in total. The number of amides is 1. The second-order valence-corrected chi connectivity index (χ2v) is 3.61. The van der Waals surface area contributed by atoms with E-state index in [4.69, 9.17) is 5.11 Å². The molecule has 0 aliphatic rings. The van der Waals surface area contributed by atoms with E-state index in [1.54, 1.807) is 12.4 Å². The molecule has 14 heavy (non-hydrogen) atoms. The Kier molecular flexibility index (Phi) is 3.19. The maximum absolute atomic E-state index is 11.0. The van der Waals surface area contributed by atoms with Crippen molar-refractivity contribution >= 4 is 28.3 Å². The fourth-order valence-electron chi connectivity index (χ4n) is 0.821. The molecular formula is C8H10N2O3S. The number of aromatic nitrogens is 1.